The zero-order chi connectivity index (χ0) is 16.5. The van der Waals surface area contributed by atoms with Crippen molar-refractivity contribution in [3.8, 4) is 5.75 Å². The van der Waals surface area contributed by atoms with E-state index in [1.807, 2.05) is 6.07 Å². The van der Waals surface area contributed by atoms with Gasteiger partial charge in [0.25, 0.3) is 0 Å². The first-order valence-corrected chi connectivity index (χ1v) is 8.01. The fourth-order valence-electron chi connectivity index (χ4n) is 2.96. The number of rotatable bonds is 2. The lowest BCUT2D eigenvalue weighted by atomic mass is 9.92. The highest BCUT2D eigenvalue weighted by Gasteiger charge is 2.28. The van der Waals surface area contributed by atoms with Crippen molar-refractivity contribution in [2.75, 3.05) is 11.9 Å². The van der Waals surface area contributed by atoms with Gasteiger partial charge in [-0.3, -0.25) is 14.8 Å². The summed E-state index contributed by atoms with van der Waals surface area (Å²) in [7, 11) is 0. The summed E-state index contributed by atoms with van der Waals surface area (Å²) in [6.07, 6.45) is 7.42. The van der Waals surface area contributed by atoms with Crippen LogP contribution in [0.3, 0.4) is 0 Å². The second kappa shape index (κ2) is 6.09. The summed E-state index contributed by atoms with van der Waals surface area (Å²) in [4.78, 5) is 21.1. The minimum absolute atomic E-state index is 0.0973. The summed E-state index contributed by atoms with van der Waals surface area (Å²) in [6.45, 7) is 0.502. The summed E-state index contributed by atoms with van der Waals surface area (Å²) in [5.41, 5.74) is 1.47. The van der Waals surface area contributed by atoms with Gasteiger partial charge in [0, 0.05) is 39.9 Å². The van der Waals surface area contributed by atoms with E-state index < -0.39 is 0 Å². The SMILES string of the molecule is O=C(Nc1cncc2ccncc12)[C@@H]1CCOc2ccc(Cl)cc21. The van der Waals surface area contributed by atoms with E-state index in [4.69, 9.17) is 16.3 Å². The van der Waals surface area contributed by atoms with Crippen LogP contribution in [0.25, 0.3) is 10.8 Å². The van der Waals surface area contributed by atoms with Gasteiger partial charge in [0.15, 0.2) is 0 Å². The Balaban J connectivity index is 1.67. The Bertz CT molecular complexity index is 924. The summed E-state index contributed by atoms with van der Waals surface area (Å²) in [6, 6.07) is 7.23. The van der Waals surface area contributed by atoms with Gasteiger partial charge in [-0.2, -0.15) is 0 Å². The van der Waals surface area contributed by atoms with Crippen LogP contribution in [-0.4, -0.2) is 22.5 Å². The third-order valence-corrected chi connectivity index (χ3v) is 4.38. The average molecular weight is 340 g/mol. The lowest BCUT2D eigenvalue weighted by Gasteiger charge is -2.25. The normalized spacial score (nSPS) is 16.3. The highest BCUT2D eigenvalue weighted by Crippen LogP contribution is 2.36. The maximum absolute atomic E-state index is 12.8. The molecule has 0 saturated heterocycles. The monoisotopic (exact) mass is 339 g/mol. The zero-order valence-corrected chi connectivity index (χ0v) is 13.5. The first-order chi connectivity index (χ1) is 11.7. The molecular weight excluding hydrogens is 326 g/mol. The molecule has 4 rings (SSSR count). The molecule has 0 spiro atoms. The van der Waals surface area contributed by atoms with Crippen molar-refractivity contribution in [2.45, 2.75) is 12.3 Å². The summed E-state index contributed by atoms with van der Waals surface area (Å²) >= 11 is 6.08. The van der Waals surface area contributed by atoms with E-state index in [0.29, 0.717) is 29.5 Å². The molecule has 0 aliphatic carbocycles. The van der Waals surface area contributed by atoms with Crippen LogP contribution in [0.15, 0.2) is 49.1 Å². The molecule has 3 aromatic rings. The van der Waals surface area contributed by atoms with Gasteiger partial charge < -0.3 is 10.1 Å². The molecule has 1 aliphatic rings. The zero-order valence-electron chi connectivity index (χ0n) is 12.7. The van der Waals surface area contributed by atoms with Gasteiger partial charge >= 0.3 is 0 Å². The summed E-state index contributed by atoms with van der Waals surface area (Å²) < 4.78 is 5.62. The Morgan fingerprint density at radius 2 is 2.12 bits per heavy atom. The van der Waals surface area contributed by atoms with E-state index in [1.54, 1.807) is 43.0 Å². The molecule has 0 radical (unpaired) electrons. The number of nitrogens with one attached hydrogen (secondary N) is 1. The Kier molecular flexibility index (Phi) is 3.78. The van der Waals surface area contributed by atoms with Crippen molar-refractivity contribution in [3.05, 3.63) is 59.6 Å². The predicted molar refractivity (Wildman–Crippen MR) is 92.5 cm³/mol. The Hall–Kier alpha value is -2.66. The van der Waals surface area contributed by atoms with Crippen LogP contribution in [0.5, 0.6) is 5.75 Å². The number of hydrogen-bond acceptors (Lipinski definition) is 4. The smallest absolute Gasteiger partial charge is 0.232 e. The minimum atomic E-state index is -0.306. The van der Waals surface area contributed by atoms with Crippen LogP contribution < -0.4 is 10.1 Å². The number of pyridine rings is 2. The third-order valence-electron chi connectivity index (χ3n) is 4.15. The van der Waals surface area contributed by atoms with Gasteiger partial charge in [-0.25, -0.2) is 0 Å². The number of anilines is 1. The van der Waals surface area contributed by atoms with Gasteiger partial charge in [0.1, 0.15) is 5.75 Å². The molecule has 120 valence electrons. The fraction of sp³-hybridized carbons (Fsp3) is 0.167. The molecule has 24 heavy (non-hydrogen) atoms. The minimum Gasteiger partial charge on any atom is -0.493 e. The van der Waals surface area contributed by atoms with Crippen LogP contribution in [0.2, 0.25) is 5.02 Å². The van der Waals surface area contributed by atoms with Crippen molar-refractivity contribution >= 4 is 34.0 Å². The average Bonchev–Trinajstić information content (AvgIpc) is 2.61. The van der Waals surface area contributed by atoms with Gasteiger partial charge in [0.2, 0.25) is 5.91 Å². The largest absolute Gasteiger partial charge is 0.493 e. The lowest BCUT2D eigenvalue weighted by molar-refractivity contribution is -0.118. The number of nitrogens with zero attached hydrogens (tertiary/aromatic N) is 2. The number of aromatic nitrogens is 2. The molecule has 0 fully saturated rings. The van der Waals surface area contributed by atoms with Gasteiger partial charge in [-0.05, 0) is 30.7 Å². The maximum atomic E-state index is 12.8. The molecule has 3 heterocycles. The van der Waals surface area contributed by atoms with Crippen molar-refractivity contribution < 1.29 is 9.53 Å². The molecule has 1 amide bonds. The lowest BCUT2D eigenvalue weighted by Crippen LogP contribution is -2.26. The van der Waals surface area contributed by atoms with Gasteiger partial charge in [-0.15, -0.1) is 0 Å². The molecule has 0 saturated carbocycles. The van der Waals surface area contributed by atoms with E-state index in [9.17, 15) is 4.79 Å². The van der Waals surface area contributed by atoms with Crippen LogP contribution in [0, 0.1) is 0 Å². The molecule has 0 unspecified atom stereocenters. The Labute approximate surface area is 143 Å². The molecule has 1 atom stereocenters. The topological polar surface area (TPSA) is 64.1 Å². The molecular formula is C18H14ClN3O2. The first-order valence-electron chi connectivity index (χ1n) is 7.63. The van der Waals surface area contributed by atoms with Crippen molar-refractivity contribution in [2.24, 2.45) is 0 Å². The number of carbonyl (C=O) groups excluding carboxylic acids is 1. The molecule has 0 bridgehead atoms. The van der Waals surface area contributed by atoms with Crippen LogP contribution in [0.1, 0.15) is 17.9 Å². The number of halogens is 1. The number of ether oxygens (including phenoxy) is 1. The standard InChI is InChI=1S/C18H14ClN3O2/c19-12-1-2-17-14(7-12)13(4-6-24-17)18(23)22-16-10-21-8-11-3-5-20-9-15(11)16/h1-3,5,7-10,13H,4,6H2,(H,22,23)/t13-/m1/s1. The van der Waals surface area contributed by atoms with E-state index in [0.717, 1.165) is 16.3 Å². The maximum Gasteiger partial charge on any atom is 0.232 e. The predicted octanol–water partition coefficient (Wildman–Crippen LogP) is 3.79. The number of hydrogen-bond donors (Lipinski definition) is 1. The second-order valence-corrected chi connectivity index (χ2v) is 6.08. The van der Waals surface area contributed by atoms with E-state index >= 15 is 0 Å². The number of fused-ring (bicyclic) bond motifs is 2. The van der Waals surface area contributed by atoms with Gasteiger partial charge in [-0.1, -0.05) is 11.6 Å². The molecule has 2 aromatic heterocycles. The van der Waals surface area contributed by atoms with Crippen molar-refractivity contribution in [1.29, 1.82) is 0 Å². The highest BCUT2D eigenvalue weighted by molar-refractivity contribution is 6.30. The van der Waals surface area contributed by atoms with E-state index in [2.05, 4.69) is 15.3 Å². The fourth-order valence-corrected chi connectivity index (χ4v) is 3.14. The van der Waals surface area contributed by atoms with Crippen LogP contribution in [-0.2, 0) is 4.79 Å². The molecule has 1 aliphatic heterocycles. The molecule has 6 heteroatoms. The Morgan fingerprint density at radius 1 is 1.21 bits per heavy atom. The third kappa shape index (κ3) is 2.67. The summed E-state index contributed by atoms with van der Waals surface area (Å²) in [5.74, 6) is 0.308. The quantitative estimate of drug-likeness (QED) is 0.771. The van der Waals surface area contributed by atoms with Crippen LogP contribution >= 0.6 is 11.6 Å². The van der Waals surface area contributed by atoms with Crippen molar-refractivity contribution in [3.63, 3.8) is 0 Å². The van der Waals surface area contributed by atoms with E-state index in [-0.39, 0.29) is 11.8 Å². The Morgan fingerprint density at radius 3 is 3.04 bits per heavy atom. The van der Waals surface area contributed by atoms with Crippen LogP contribution in [0.4, 0.5) is 5.69 Å². The second-order valence-electron chi connectivity index (χ2n) is 5.64. The first kappa shape index (κ1) is 14.9. The number of benzene rings is 1. The molecule has 1 N–H and O–H groups in total. The van der Waals surface area contributed by atoms with E-state index in [1.165, 1.54) is 0 Å². The molecule has 5 nitrogen and oxygen atoms in total. The number of carbonyl (C=O) groups is 1. The van der Waals surface area contributed by atoms with Crippen molar-refractivity contribution in [1.82, 2.24) is 9.97 Å². The van der Waals surface area contributed by atoms with Gasteiger partial charge in [0.05, 0.1) is 24.4 Å². The summed E-state index contributed by atoms with van der Waals surface area (Å²) in [5, 5.41) is 5.36. The highest BCUT2D eigenvalue weighted by atomic mass is 35.5. The molecule has 1 aromatic carbocycles. The number of amides is 1.